The zero-order valence-electron chi connectivity index (χ0n) is 13.5. The highest BCUT2D eigenvalue weighted by Gasteiger charge is 2.26. The summed E-state index contributed by atoms with van der Waals surface area (Å²) in [4.78, 5) is 15.0. The number of anilines is 1. The third-order valence-electron chi connectivity index (χ3n) is 4.70. The van der Waals surface area contributed by atoms with Gasteiger partial charge < -0.3 is 14.2 Å². The van der Waals surface area contributed by atoms with Crippen LogP contribution >= 0.6 is 22.6 Å². The van der Waals surface area contributed by atoms with Crippen molar-refractivity contribution >= 4 is 39.1 Å². The van der Waals surface area contributed by atoms with Crippen LogP contribution in [0.1, 0.15) is 32.7 Å². The van der Waals surface area contributed by atoms with Crippen LogP contribution in [0.15, 0.2) is 29.2 Å². The van der Waals surface area contributed by atoms with Crippen molar-refractivity contribution in [2.75, 3.05) is 18.0 Å². The Morgan fingerprint density at radius 1 is 1.13 bits per heavy atom. The van der Waals surface area contributed by atoms with E-state index in [0.717, 1.165) is 40.3 Å². The van der Waals surface area contributed by atoms with Gasteiger partial charge in [0.1, 0.15) is 0 Å². The lowest BCUT2D eigenvalue weighted by Crippen LogP contribution is -2.45. The molecule has 122 valence electrons. The number of benzene rings is 1. The van der Waals surface area contributed by atoms with Crippen LogP contribution in [0, 0.1) is 3.57 Å². The van der Waals surface area contributed by atoms with E-state index in [9.17, 15) is 4.79 Å². The zero-order chi connectivity index (χ0) is 16.1. The molecular formula is C18H21IN2O2. The van der Waals surface area contributed by atoms with Crippen molar-refractivity contribution in [1.82, 2.24) is 4.57 Å². The molecule has 5 heteroatoms. The highest BCUT2D eigenvalue weighted by Crippen LogP contribution is 2.35. The highest BCUT2D eigenvalue weighted by atomic mass is 127. The average Bonchev–Trinajstić information content (AvgIpc) is 3.34. The quantitative estimate of drug-likeness (QED) is 0.692. The van der Waals surface area contributed by atoms with Crippen molar-refractivity contribution < 1.29 is 4.74 Å². The van der Waals surface area contributed by atoms with Crippen LogP contribution in [-0.2, 0) is 4.74 Å². The van der Waals surface area contributed by atoms with Crippen molar-refractivity contribution in [3.63, 3.8) is 0 Å². The van der Waals surface area contributed by atoms with Gasteiger partial charge in [-0.3, -0.25) is 4.79 Å². The number of aromatic nitrogens is 1. The molecule has 2 aromatic rings. The number of ether oxygens (including phenoxy) is 1. The first kappa shape index (κ1) is 15.4. The summed E-state index contributed by atoms with van der Waals surface area (Å²) in [6, 6.07) is 6.67. The second-order valence-electron chi connectivity index (χ2n) is 6.81. The molecule has 1 aliphatic heterocycles. The number of hydrogen-bond acceptors (Lipinski definition) is 3. The number of pyridine rings is 1. The number of halogens is 1. The van der Waals surface area contributed by atoms with E-state index in [1.165, 1.54) is 5.69 Å². The smallest absolute Gasteiger partial charge is 0.258 e. The fourth-order valence-electron chi connectivity index (χ4n) is 3.52. The summed E-state index contributed by atoms with van der Waals surface area (Å²) in [5.41, 5.74) is 1.33. The van der Waals surface area contributed by atoms with E-state index in [4.69, 9.17) is 4.74 Å². The molecular weight excluding hydrogens is 403 g/mol. The van der Waals surface area contributed by atoms with E-state index in [0.29, 0.717) is 6.04 Å². The maximum Gasteiger partial charge on any atom is 0.258 e. The molecule has 1 aliphatic carbocycles. The van der Waals surface area contributed by atoms with Gasteiger partial charge in [0.25, 0.3) is 5.56 Å². The number of hydrogen-bond donors (Lipinski definition) is 0. The monoisotopic (exact) mass is 424 g/mol. The van der Waals surface area contributed by atoms with Crippen molar-refractivity contribution in [2.24, 2.45) is 0 Å². The van der Waals surface area contributed by atoms with Crippen LogP contribution < -0.4 is 10.5 Å². The Morgan fingerprint density at radius 2 is 1.83 bits per heavy atom. The van der Waals surface area contributed by atoms with Crippen LogP contribution in [0.25, 0.3) is 10.8 Å². The molecule has 2 heterocycles. The third kappa shape index (κ3) is 2.89. The maximum absolute atomic E-state index is 12.7. The SMILES string of the molecule is C[C@@H]1CN(c2ccc3c(=O)n(C4CC4)cc(I)c3c2)C[C@H](C)O1. The van der Waals surface area contributed by atoms with Gasteiger partial charge in [0, 0.05) is 45.4 Å². The van der Waals surface area contributed by atoms with Gasteiger partial charge in [-0.1, -0.05) is 0 Å². The standard InChI is InChI=1S/C18H21IN2O2/c1-11-8-20(9-12(2)23-11)14-5-6-15-16(7-14)17(19)10-21(18(15)22)13-3-4-13/h5-7,10-13H,3-4,8-9H2,1-2H3/t11-,12+. The molecule has 2 fully saturated rings. The van der Waals surface area contributed by atoms with E-state index in [2.05, 4.69) is 53.5 Å². The molecule has 0 spiro atoms. The first-order chi connectivity index (χ1) is 11.0. The molecule has 0 unspecified atom stereocenters. The molecule has 0 radical (unpaired) electrons. The number of fused-ring (bicyclic) bond motifs is 1. The number of morpholine rings is 1. The largest absolute Gasteiger partial charge is 0.372 e. The Hall–Kier alpha value is -1.08. The van der Waals surface area contributed by atoms with Crippen molar-refractivity contribution in [3.8, 4) is 0 Å². The lowest BCUT2D eigenvalue weighted by Gasteiger charge is -2.37. The molecule has 1 saturated heterocycles. The van der Waals surface area contributed by atoms with E-state index >= 15 is 0 Å². The zero-order valence-corrected chi connectivity index (χ0v) is 15.6. The maximum atomic E-state index is 12.7. The van der Waals surface area contributed by atoms with E-state index in [-0.39, 0.29) is 17.8 Å². The predicted molar refractivity (Wildman–Crippen MR) is 101 cm³/mol. The van der Waals surface area contributed by atoms with Crippen molar-refractivity contribution in [3.05, 3.63) is 38.3 Å². The summed E-state index contributed by atoms with van der Waals surface area (Å²) in [7, 11) is 0. The molecule has 0 amide bonds. The van der Waals surface area contributed by atoms with Gasteiger partial charge in [-0.15, -0.1) is 0 Å². The molecule has 4 rings (SSSR count). The predicted octanol–water partition coefficient (Wildman–Crippen LogP) is 3.55. The molecule has 1 aromatic carbocycles. The molecule has 1 aromatic heterocycles. The van der Waals surface area contributed by atoms with Gasteiger partial charge >= 0.3 is 0 Å². The summed E-state index contributed by atoms with van der Waals surface area (Å²) in [5, 5.41) is 1.90. The fraction of sp³-hybridized carbons (Fsp3) is 0.500. The average molecular weight is 424 g/mol. The fourth-order valence-corrected chi connectivity index (χ4v) is 4.26. The number of nitrogens with zero attached hydrogens (tertiary/aromatic N) is 2. The Bertz CT molecular complexity index is 803. The van der Waals surface area contributed by atoms with Crippen LogP contribution in [0.3, 0.4) is 0 Å². The summed E-state index contributed by atoms with van der Waals surface area (Å²) >= 11 is 2.35. The minimum Gasteiger partial charge on any atom is -0.372 e. The van der Waals surface area contributed by atoms with Gasteiger partial charge in [0.2, 0.25) is 0 Å². The molecule has 2 atom stereocenters. The van der Waals surface area contributed by atoms with Gasteiger partial charge in [-0.25, -0.2) is 0 Å². The lowest BCUT2D eigenvalue weighted by molar-refractivity contribution is -0.00521. The normalized spacial score (nSPS) is 25.1. The Balaban J connectivity index is 1.77. The number of rotatable bonds is 2. The first-order valence-corrected chi connectivity index (χ1v) is 9.35. The second kappa shape index (κ2) is 5.77. The summed E-state index contributed by atoms with van der Waals surface area (Å²) in [5.74, 6) is 0. The van der Waals surface area contributed by atoms with E-state index in [1.54, 1.807) is 0 Å². The minimum absolute atomic E-state index is 0.151. The molecule has 0 bridgehead atoms. The first-order valence-electron chi connectivity index (χ1n) is 8.27. The molecule has 1 saturated carbocycles. The third-order valence-corrected chi connectivity index (χ3v) is 5.56. The molecule has 2 aliphatic rings. The minimum atomic E-state index is 0.151. The molecule has 0 N–H and O–H groups in total. The van der Waals surface area contributed by atoms with Gasteiger partial charge in [-0.2, -0.15) is 0 Å². The molecule has 23 heavy (non-hydrogen) atoms. The summed E-state index contributed by atoms with van der Waals surface area (Å²) in [6.07, 6.45) is 4.75. The van der Waals surface area contributed by atoms with Gasteiger partial charge in [0.05, 0.1) is 12.2 Å². The van der Waals surface area contributed by atoms with Crippen molar-refractivity contribution in [1.29, 1.82) is 0 Å². The van der Waals surface area contributed by atoms with Crippen LogP contribution in [0.2, 0.25) is 0 Å². The Morgan fingerprint density at radius 3 is 2.48 bits per heavy atom. The highest BCUT2D eigenvalue weighted by molar-refractivity contribution is 14.1. The van der Waals surface area contributed by atoms with Crippen LogP contribution in [0.5, 0.6) is 0 Å². The van der Waals surface area contributed by atoms with Gasteiger partial charge in [-0.05, 0) is 67.5 Å². The Kier molecular flexibility index (Phi) is 3.88. The van der Waals surface area contributed by atoms with Gasteiger partial charge in [0.15, 0.2) is 0 Å². The second-order valence-corrected chi connectivity index (χ2v) is 7.98. The summed E-state index contributed by atoms with van der Waals surface area (Å²) in [6.45, 7) is 6.01. The van der Waals surface area contributed by atoms with Crippen molar-refractivity contribution in [2.45, 2.75) is 44.9 Å². The lowest BCUT2D eigenvalue weighted by atomic mass is 10.1. The summed E-state index contributed by atoms with van der Waals surface area (Å²) < 4.78 is 8.89. The molecule has 4 nitrogen and oxygen atoms in total. The van der Waals surface area contributed by atoms with Crippen LogP contribution in [0.4, 0.5) is 5.69 Å². The Labute approximate surface area is 149 Å². The van der Waals surface area contributed by atoms with Crippen LogP contribution in [-0.4, -0.2) is 29.9 Å². The van der Waals surface area contributed by atoms with E-state index < -0.39 is 0 Å². The van der Waals surface area contributed by atoms with E-state index in [1.807, 2.05) is 16.8 Å². The topological polar surface area (TPSA) is 34.5 Å².